The van der Waals surface area contributed by atoms with Crippen LogP contribution >= 0.6 is 0 Å². The van der Waals surface area contributed by atoms with E-state index in [1.54, 1.807) is 20.3 Å². The van der Waals surface area contributed by atoms with Crippen LogP contribution in [0.5, 0.6) is 0 Å². The largest absolute Gasteiger partial charge is 0.387 e. The number of amides is 2. The summed E-state index contributed by atoms with van der Waals surface area (Å²) in [6.07, 6.45) is 9.38. The van der Waals surface area contributed by atoms with E-state index in [2.05, 4.69) is 4.90 Å². The Bertz CT molecular complexity index is 1290. The number of carbonyl (C=O) groups is 2. The van der Waals surface area contributed by atoms with Gasteiger partial charge in [-0.05, 0) is 50.8 Å². The lowest BCUT2D eigenvalue weighted by Crippen LogP contribution is -2.62. The third-order valence-electron chi connectivity index (χ3n) is 9.83. The van der Waals surface area contributed by atoms with Gasteiger partial charge in [0.1, 0.15) is 0 Å². The third kappa shape index (κ3) is 6.00. The normalized spacial score (nSPS) is 23.5. The molecule has 5 rings (SSSR count). The minimum Gasteiger partial charge on any atom is -0.387 e. The van der Waals surface area contributed by atoms with Crippen LogP contribution in [-0.2, 0) is 11.3 Å². The molecule has 1 aromatic heterocycles. The Morgan fingerprint density at radius 2 is 1.66 bits per heavy atom. The summed E-state index contributed by atoms with van der Waals surface area (Å²) < 4.78 is 1.53. The van der Waals surface area contributed by atoms with Gasteiger partial charge in [-0.2, -0.15) is 0 Å². The Morgan fingerprint density at radius 1 is 0.976 bits per heavy atom. The topological polar surface area (TPSA) is 86.1 Å². The van der Waals surface area contributed by atoms with Gasteiger partial charge in [0.2, 0.25) is 5.91 Å². The fraction of sp³-hybridized carbons (Fsp3) is 0.606. The smallest absolute Gasteiger partial charge is 0.255 e. The lowest BCUT2D eigenvalue weighted by atomic mass is 9.65. The van der Waals surface area contributed by atoms with Gasteiger partial charge >= 0.3 is 0 Å². The van der Waals surface area contributed by atoms with Gasteiger partial charge in [0.25, 0.3) is 11.5 Å². The molecule has 1 aliphatic carbocycles. The SMILES string of the molecule is CC(CN1CCCCC1)C(=O)N1CCC(O)(Cn2cc(C(=O)N(C)C)c(-c3ccccc3)cc2=O)C2(CCCC2)C1. The van der Waals surface area contributed by atoms with E-state index in [1.807, 2.05) is 42.2 Å². The maximum absolute atomic E-state index is 13.6. The van der Waals surface area contributed by atoms with E-state index < -0.39 is 11.0 Å². The number of rotatable bonds is 7. The van der Waals surface area contributed by atoms with Crippen LogP contribution in [-0.4, -0.2) is 88.6 Å². The lowest BCUT2D eigenvalue weighted by molar-refractivity contribution is -0.163. The molecule has 2 aliphatic heterocycles. The van der Waals surface area contributed by atoms with Gasteiger partial charge in [-0.15, -0.1) is 0 Å². The molecule has 1 aromatic carbocycles. The maximum Gasteiger partial charge on any atom is 0.255 e. The number of aliphatic hydroxyl groups is 1. The van der Waals surface area contributed by atoms with Crippen LogP contribution in [0.15, 0.2) is 47.4 Å². The number of benzene rings is 1. The molecule has 2 saturated heterocycles. The predicted molar refractivity (Wildman–Crippen MR) is 161 cm³/mol. The molecular weight excluding hydrogens is 516 g/mol. The number of carbonyl (C=O) groups excluding carboxylic acids is 2. The first kappa shape index (κ1) is 29.5. The van der Waals surface area contributed by atoms with Crippen LogP contribution in [0.25, 0.3) is 11.1 Å². The van der Waals surface area contributed by atoms with Gasteiger partial charge in [0.05, 0.1) is 17.7 Å². The average Bonchev–Trinajstić information content (AvgIpc) is 3.45. The van der Waals surface area contributed by atoms with E-state index in [0.717, 1.165) is 50.9 Å². The van der Waals surface area contributed by atoms with Crippen molar-refractivity contribution in [2.75, 3.05) is 46.8 Å². The van der Waals surface area contributed by atoms with Gasteiger partial charge in [0, 0.05) is 62.9 Å². The van der Waals surface area contributed by atoms with Crippen LogP contribution in [0.2, 0.25) is 0 Å². The van der Waals surface area contributed by atoms with Crippen LogP contribution in [0.1, 0.15) is 68.6 Å². The van der Waals surface area contributed by atoms with E-state index in [9.17, 15) is 19.5 Å². The van der Waals surface area contributed by atoms with E-state index in [-0.39, 0.29) is 29.8 Å². The van der Waals surface area contributed by atoms with Gasteiger partial charge < -0.3 is 24.4 Å². The second-order valence-electron chi connectivity index (χ2n) is 12.9. The number of likely N-dealkylation sites (tertiary alicyclic amines) is 2. The van der Waals surface area contributed by atoms with Crippen LogP contribution in [0.4, 0.5) is 0 Å². The molecule has 0 radical (unpaired) electrons. The number of pyridine rings is 1. The minimum atomic E-state index is -1.15. The molecule has 3 fully saturated rings. The van der Waals surface area contributed by atoms with Crippen molar-refractivity contribution in [2.45, 2.75) is 70.4 Å². The molecule has 3 heterocycles. The quantitative estimate of drug-likeness (QED) is 0.554. The standard InChI is InChI=1S/C33H46N4O4/c1-25(21-35-17-10-5-11-18-35)30(39)36-19-16-33(41,32(23-36)14-8-9-15-32)24-37-22-28(31(40)34(2)3)27(20-29(37)38)26-12-6-4-7-13-26/h4,6-7,12-13,20,22,25,41H,5,8-11,14-19,21,23-24H2,1-3H3. The zero-order valence-corrected chi connectivity index (χ0v) is 25.0. The van der Waals surface area contributed by atoms with Crippen molar-refractivity contribution in [2.24, 2.45) is 11.3 Å². The fourth-order valence-corrected chi connectivity index (χ4v) is 7.45. The van der Waals surface area contributed by atoms with Crippen molar-refractivity contribution < 1.29 is 14.7 Å². The van der Waals surface area contributed by atoms with Gasteiger partial charge in [-0.1, -0.05) is 56.5 Å². The maximum atomic E-state index is 13.6. The van der Waals surface area contributed by atoms with Gasteiger partial charge in [-0.3, -0.25) is 14.4 Å². The molecule has 1 saturated carbocycles. The van der Waals surface area contributed by atoms with E-state index in [4.69, 9.17) is 0 Å². The van der Waals surface area contributed by atoms with Crippen LogP contribution < -0.4 is 5.56 Å². The van der Waals surface area contributed by atoms with Gasteiger partial charge in [0.15, 0.2) is 0 Å². The average molecular weight is 563 g/mol. The minimum absolute atomic E-state index is 0.0782. The van der Waals surface area contributed by atoms with Crippen LogP contribution in [0.3, 0.4) is 0 Å². The second-order valence-corrected chi connectivity index (χ2v) is 12.9. The molecule has 8 nitrogen and oxygen atoms in total. The Balaban J connectivity index is 1.40. The van der Waals surface area contributed by atoms with Crippen molar-refractivity contribution in [1.82, 2.24) is 19.3 Å². The molecule has 0 bridgehead atoms. The van der Waals surface area contributed by atoms with E-state index >= 15 is 0 Å². The first-order valence-corrected chi connectivity index (χ1v) is 15.4. The lowest BCUT2D eigenvalue weighted by Gasteiger charge is -2.53. The summed E-state index contributed by atoms with van der Waals surface area (Å²) in [6.45, 7) is 6.07. The number of hydrogen-bond acceptors (Lipinski definition) is 5. The molecule has 3 aliphatic rings. The highest BCUT2D eigenvalue weighted by Gasteiger charge is 2.55. The molecular formula is C33H46N4O4. The number of hydrogen-bond donors (Lipinski definition) is 1. The first-order chi connectivity index (χ1) is 19.6. The Hall–Kier alpha value is -2.97. The summed E-state index contributed by atoms with van der Waals surface area (Å²) >= 11 is 0. The zero-order valence-electron chi connectivity index (χ0n) is 25.0. The first-order valence-electron chi connectivity index (χ1n) is 15.4. The molecule has 2 aromatic rings. The third-order valence-corrected chi connectivity index (χ3v) is 9.83. The highest BCUT2D eigenvalue weighted by molar-refractivity contribution is 6.00. The van der Waals surface area contributed by atoms with E-state index in [1.165, 1.54) is 34.8 Å². The fourth-order valence-electron chi connectivity index (χ4n) is 7.45. The number of piperidine rings is 2. The zero-order chi connectivity index (χ0) is 29.2. The molecule has 2 amide bonds. The summed E-state index contributed by atoms with van der Waals surface area (Å²) in [5.41, 5.74) is -0.0184. The summed E-state index contributed by atoms with van der Waals surface area (Å²) in [5.74, 6) is -0.0964. The Morgan fingerprint density at radius 3 is 2.32 bits per heavy atom. The highest BCUT2D eigenvalue weighted by atomic mass is 16.3. The number of aromatic nitrogens is 1. The highest BCUT2D eigenvalue weighted by Crippen LogP contribution is 2.51. The Labute approximate surface area is 243 Å². The van der Waals surface area contributed by atoms with Crippen molar-refractivity contribution in [3.63, 3.8) is 0 Å². The molecule has 222 valence electrons. The van der Waals surface area contributed by atoms with Crippen molar-refractivity contribution in [3.05, 3.63) is 58.5 Å². The van der Waals surface area contributed by atoms with Crippen molar-refractivity contribution >= 4 is 11.8 Å². The van der Waals surface area contributed by atoms with Gasteiger partial charge in [-0.25, -0.2) is 0 Å². The summed E-state index contributed by atoms with van der Waals surface area (Å²) in [5, 5.41) is 12.3. The predicted octanol–water partition coefficient (Wildman–Crippen LogP) is 3.86. The molecule has 41 heavy (non-hydrogen) atoms. The summed E-state index contributed by atoms with van der Waals surface area (Å²) in [7, 11) is 3.40. The van der Waals surface area contributed by atoms with E-state index in [0.29, 0.717) is 30.6 Å². The van der Waals surface area contributed by atoms with Crippen molar-refractivity contribution in [1.29, 1.82) is 0 Å². The monoisotopic (exact) mass is 562 g/mol. The Kier molecular flexibility index (Phi) is 8.71. The molecule has 1 N–H and O–H groups in total. The number of nitrogens with zero attached hydrogens (tertiary/aromatic N) is 4. The summed E-state index contributed by atoms with van der Waals surface area (Å²) in [6, 6.07) is 11.0. The summed E-state index contributed by atoms with van der Waals surface area (Å²) in [4.78, 5) is 46.3. The molecule has 1 spiro atoms. The van der Waals surface area contributed by atoms with Crippen molar-refractivity contribution in [3.8, 4) is 11.1 Å². The molecule has 8 heteroatoms. The second kappa shape index (κ2) is 12.1. The van der Waals surface area contributed by atoms with Crippen LogP contribution in [0, 0.1) is 11.3 Å². The molecule has 2 atom stereocenters. The molecule has 2 unspecified atom stereocenters.